The number of aryl methyl sites for hydroxylation is 1. The number of hydrogen-bond acceptors (Lipinski definition) is 5. The molecule has 0 spiro atoms. The van der Waals surface area contributed by atoms with Gasteiger partial charge in [-0.05, 0) is 25.3 Å². The zero-order valence-electron chi connectivity index (χ0n) is 10.2. The van der Waals surface area contributed by atoms with Crippen LogP contribution in [0.25, 0.3) is 0 Å². The quantitative estimate of drug-likeness (QED) is 0.925. The Labute approximate surface area is 109 Å². The molecule has 1 unspecified atom stereocenters. The Hall–Kier alpha value is -0.910. The summed E-state index contributed by atoms with van der Waals surface area (Å²) in [5.74, 6) is 0. The van der Waals surface area contributed by atoms with Crippen LogP contribution in [-0.4, -0.2) is 17.1 Å². The van der Waals surface area contributed by atoms with E-state index >= 15 is 0 Å². The van der Waals surface area contributed by atoms with E-state index in [2.05, 4.69) is 34.3 Å². The van der Waals surface area contributed by atoms with Crippen LogP contribution in [0, 0.1) is 6.92 Å². The van der Waals surface area contributed by atoms with Gasteiger partial charge in [-0.3, -0.25) is 0 Å². The summed E-state index contributed by atoms with van der Waals surface area (Å²) in [7, 11) is 2.05. The van der Waals surface area contributed by atoms with Crippen LogP contribution in [0.1, 0.15) is 28.4 Å². The fourth-order valence-corrected chi connectivity index (χ4v) is 3.39. The highest BCUT2D eigenvalue weighted by Gasteiger charge is 2.17. The van der Waals surface area contributed by atoms with Crippen molar-refractivity contribution < 1.29 is 5.11 Å². The van der Waals surface area contributed by atoms with Crippen molar-refractivity contribution in [2.24, 2.45) is 0 Å². The van der Waals surface area contributed by atoms with Gasteiger partial charge in [-0.25, -0.2) is 4.98 Å². The van der Waals surface area contributed by atoms with Crippen molar-refractivity contribution in [3.63, 3.8) is 0 Å². The van der Waals surface area contributed by atoms with E-state index in [1.807, 2.05) is 14.0 Å². The predicted molar refractivity (Wildman–Crippen MR) is 73.9 cm³/mol. The Morgan fingerprint density at radius 3 is 2.82 bits per heavy atom. The molecule has 2 aromatic heterocycles. The van der Waals surface area contributed by atoms with E-state index in [9.17, 15) is 5.11 Å². The van der Waals surface area contributed by atoms with Crippen LogP contribution in [-0.2, 0) is 6.61 Å². The van der Waals surface area contributed by atoms with Gasteiger partial charge >= 0.3 is 0 Å². The Morgan fingerprint density at radius 2 is 2.29 bits per heavy atom. The standard InChI is InChI=1S/C12H16N2OS2/c1-8-11(7-15)17-12(13-8)14(3)9(2)10-5-4-6-16-10/h4-6,9,15H,7H2,1-3H3. The van der Waals surface area contributed by atoms with E-state index in [4.69, 9.17) is 0 Å². The van der Waals surface area contributed by atoms with Crippen LogP contribution < -0.4 is 4.90 Å². The molecule has 0 aliphatic rings. The molecule has 2 aromatic rings. The van der Waals surface area contributed by atoms with Crippen molar-refractivity contribution in [2.75, 3.05) is 11.9 Å². The summed E-state index contributed by atoms with van der Waals surface area (Å²) < 4.78 is 0. The molecule has 2 rings (SSSR count). The van der Waals surface area contributed by atoms with E-state index in [1.54, 1.807) is 22.7 Å². The van der Waals surface area contributed by atoms with Crippen LogP contribution in [0.3, 0.4) is 0 Å². The average Bonchev–Trinajstić information content (AvgIpc) is 2.95. The number of hydrogen-bond donors (Lipinski definition) is 1. The normalized spacial score (nSPS) is 12.7. The van der Waals surface area contributed by atoms with Crippen LogP contribution in [0.5, 0.6) is 0 Å². The van der Waals surface area contributed by atoms with Crippen LogP contribution >= 0.6 is 22.7 Å². The predicted octanol–water partition coefficient (Wildman–Crippen LogP) is 3.20. The van der Waals surface area contributed by atoms with Crippen molar-refractivity contribution >= 4 is 27.8 Å². The molecule has 0 bridgehead atoms. The smallest absolute Gasteiger partial charge is 0.186 e. The van der Waals surface area contributed by atoms with Gasteiger partial charge in [-0.2, -0.15) is 0 Å². The van der Waals surface area contributed by atoms with Crippen molar-refractivity contribution in [3.8, 4) is 0 Å². The number of rotatable bonds is 4. The summed E-state index contributed by atoms with van der Waals surface area (Å²) in [6.07, 6.45) is 0. The van der Waals surface area contributed by atoms with E-state index in [0.29, 0.717) is 6.04 Å². The highest BCUT2D eigenvalue weighted by Crippen LogP contribution is 2.32. The number of thiazole rings is 1. The van der Waals surface area contributed by atoms with Crippen LogP contribution in [0.2, 0.25) is 0 Å². The number of anilines is 1. The molecule has 0 saturated heterocycles. The van der Waals surface area contributed by atoms with Gasteiger partial charge in [0.25, 0.3) is 0 Å². The molecule has 0 saturated carbocycles. The second-order valence-corrected chi connectivity index (χ2v) is 6.01. The van der Waals surface area contributed by atoms with Gasteiger partial charge in [0.15, 0.2) is 5.13 Å². The Morgan fingerprint density at radius 1 is 1.53 bits per heavy atom. The van der Waals surface area contributed by atoms with Gasteiger partial charge in [0, 0.05) is 11.9 Å². The van der Waals surface area contributed by atoms with Crippen molar-refractivity contribution in [1.29, 1.82) is 0 Å². The first-order valence-corrected chi connectivity index (χ1v) is 7.16. The SMILES string of the molecule is Cc1nc(N(C)C(C)c2cccs2)sc1CO. The Kier molecular flexibility index (Phi) is 3.81. The highest BCUT2D eigenvalue weighted by atomic mass is 32.1. The minimum Gasteiger partial charge on any atom is -0.391 e. The van der Waals surface area contributed by atoms with Gasteiger partial charge in [-0.15, -0.1) is 11.3 Å². The minimum absolute atomic E-state index is 0.0741. The lowest BCUT2D eigenvalue weighted by Gasteiger charge is -2.23. The molecule has 17 heavy (non-hydrogen) atoms. The highest BCUT2D eigenvalue weighted by molar-refractivity contribution is 7.15. The monoisotopic (exact) mass is 268 g/mol. The zero-order chi connectivity index (χ0) is 12.4. The molecule has 0 fully saturated rings. The minimum atomic E-state index is 0.0741. The number of aliphatic hydroxyl groups is 1. The van der Waals surface area contributed by atoms with Crippen molar-refractivity contribution in [1.82, 2.24) is 4.98 Å². The third-order valence-electron chi connectivity index (χ3n) is 2.86. The van der Waals surface area contributed by atoms with Crippen molar-refractivity contribution in [2.45, 2.75) is 26.5 Å². The fourth-order valence-electron chi connectivity index (χ4n) is 1.60. The molecule has 0 amide bonds. The first kappa shape index (κ1) is 12.5. The maximum atomic E-state index is 9.19. The molecule has 0 aliphatic carbocycles. The third kappa shape index (κ3) is 2.51. The third-order valence-corrected chi connectivity index (χ3v) is 5.14. The van der Waals surface area contributed by atoms with E-state index in [1.165, 1.54) is 4.88 Å². The number of aromatic nitrogens is 1. The van der Waals surface area contributed by atoms with Crippen LogP contribution in [0.4, 0.5) is 5.13 Å². The van der Waals surface area contributed by atoms with Crippen LogP contribution in [0.15, 0.2) is 17.5 Å². The summed E-state index contributed by atoms with van der Waals surface area (Å²) in [6, 6.07) is 4.52. The molecule has 0 aromatic carbocycles. The largest absolute Gasteiger partial charge is 0.391 e. The number of nitrogens with zero attached hydrogens (tertiary/aromatic N) is 2. The summed E-state index contributed by atoms with van der Waals surface area (Å²) in [5.41, 5.74) is 0.928. The number of aliphatic hydroxyl groups excluding tert-OH is 1. The van der Waals surface area contributed by atoms with Gasteiger partial charge in [0.1, 0.15) is 0 Å². The van der Waals surface area contributed by atoms with E-state index in [0.717, 1.165) is 15.7 Å². The van der Waals surface area contributed by atoms with Gasteiger partial charge in [-0.1, -0.05) is 17.4 Å². The Bertz CT molecular complexity index is 479. The fraction of sp³-hybridized carbons (Fsp3) is 0.417. The molecular weight excluding hydrogens is 252 g/mol. The maximum Gasteiger partial charge on any atom is 0.186 e. The second-order valence-electron chi connectivity index (χ2n) is 3.97. The lowest BCUT2D eigenvalue weighted by molar-refractivity contribution is 0.284. The van der Waals surface area contributed by atoms with E-state index in [-0.39, 0.29) is 6.61 Å². The molecule has 1 atom stereocenters. The lowest BCUT2D eigenvalue weighted by Crippen LogP contribution is -2.20. The molecule has 1 N–H and O–H groups in total. The average molecular weight is 268 g/mol. The first-order chi connectivity index (χ1) is 8.13. The van der Waals surface area contributed by atoms with Crippen molar-refractivity contribution in [3.05, 3.63) is 33.0 Å². The number of thiophene rings is 1. The molecule has 3 nitrogen and oxygen atoms in total. The topological polar surface area (TPSA) is 36.4 Å². The van der Waals surface area contributed by atoms with Gasteiger partial charge in [0.2, 0.25) is 0 Å². The summed E-state index contributed by atoms with van der Waals surface area (Å²) in [4.78, 5) is 8.93. The van der Waals surface area contributed by atoms with Gasteiger partial charge in [0.05, 0.1) is 23.2 Å². The summed E-state index contributed by atoms with van der Waals surface area (Å²) in [6.45, 7) is 4.18. The van der Waals surface area contributed by atoms with E-state index < -0.39 is 0 Å². The molecule has 5 heteroatoms. The molecular formula is C12H16N2OS2. The lowest BCUT2D eigenvalue weighted by atomic mass is 10.2. The Balaban J connectivity index is 2.21. The molecule has 92 valence electrons. The second kappa shape index (κ2) is 5.16. The van der Waals surface area contributed by atoms with Gasteiger partial charge < -0.3 is 10.0 Å². The molecule has 0 radical (unpaired) electrons. The summed E-state index contributed by atoms with van der Waals surface area (Å²) in [5, 5.41) is 12.2. The summed E-state index contributed by atoms with van der Waals surface area (Å²) >= 11 is 3.32. The molecule has 2 heterocycles. The molecule has 0 aliphatic heterocycles. The maximum absolute atomic E-state index is 9.19. The first-order valence-electron chi connectivity index (χ1n) is 5.47. The zero-order valence-corrected chi connectivity index (χ0v) is 11.8.